The summed E-state index contributed by atoms with van der Waals surface area (Å²) in [5, 5.41) is 9.61. The lowest BCUT2D eigenvalue weighted by Gasteiger charge is -2.25. The fourth-order valence-corrected chi connectivity index (χ4v) is 1.04. The van der Waals surface area contributed by atoms with Gasteiger partial charge in [0.1, 0.15) is 0 Å². The smallest absolute Gasteiger partial charge is 0.0753 e. The van der Waals surface area contributed by atoms with Crippen molar-refractivity contribution in [3.8, 4) is 0 Å². The molecule has 3 heteroatoms. The Labute approximate surface area is 75.6 Å². The largest absolute Gasteiger partial charge is 0.389 e. The Morgan fingerprint density at radius 2 is 1.83 bits per heavy atom. The van der Waals surface area contributed by atoms with Crippen molar-refractivity contribution in [3.63, 3.8) is 0 Å². The molecule has 0 rings (SSSR count). The van der Waals surface area contributed by atoms with Gasteiger partial charge >= 0.3 is 0 Å². The highest BCUT2D eigenvalue weighted by atomic mass is 16.3. The van der Waals surface area contributed by atoms with E-state index in [9.17, 15) is 5.11 Å². The third kappa shape index (κ3) is 4.70. The van der Waals surface area contributed by atoms with Gasteiger partial charge in [-0.3, -0.25) is 0 Å². The highest BCUT2D eigenvalue weighted by molar-refractivity contribution is 4.74. The normalized spacial score (nSPS) is 16.5. The Morgan fingerprint density at radius 1 is 1.33 bits per heavy atom. The summed E-state index contributed by atoms with van der Waals surface area (Å²) in [4.78, 5) is 2.28. The molecule has 0 spiro atoms. The standard InChI is InChI=1S/C9H22N2O/c1-4-11(5-2)7-6-9(3,12)8-10/h12H,4-8,10H2,1-3H3. The van der Waals surface area contributed by atoms with Crippen LogP contribution in [0.3, 0.4) is 0 Å². The van der Waals surface area contributed by atoms with E-state index in [1.165, 1.54) is 0 Å². The molecule has 0 saturated carbocycles. The summed E-state index contributed by atoms with van der Waals surface area (Å²) in [7, 11) is 0. The first-order valence-electron chi connectivity index (χ1n) is 4.70. The van der Waals surface area contributed by atoms with Crippen molar-refractivity contribution in [2.24, 2.45) is 5.73 Å². The summed E-state index contributed by atoms with van der Waals surface area (Å²) < 4.78 is 0. The van der Waals surface area contributed by atoms with Gasteiger partial charge in [0.25, 0.3) is 0 Å². The third-order valence-electron chi connectivity index (χ3n) is 2.30. The second-order valence-electron chi connectivity index (χ2n) is 3.48. The Morgan fingerprint density at radius 3 is 2.17 bits per heavy atom. The van der Waals surface area contributed by atoms with Gasteiger partial charge < -0.3 is 15.7 Å². The van der Waals surface area contributed by atoms with Gasteiger partial charge in [0.05, 0.1) is 5.60 Å². The third-order valence-corrected chi connectivity index (χ3v) is 2.30. The van der Waals surface area contributed by atoms with E-state index in [0.29, 0.717) is 6.54 Å². The van der Waals surface area contributed by atoms with Crippen LogP contribution in [0.5, 0.6) is 0 Å². The molecule has 0 heterocycles. The molecule has 0 amide bonds. The molecule has 0 aliphatic carbocycles. The first-order chi connectivity index (χ1) is 5.55. The lowest BCUT2D eigenvalue weighted by atomic mass is 10.0. The lowest BCUT2D eigenvalue weighted by molar-refractivity contribution is 0.0488. The second-order valence-corrected chi connectivity index (χ2v) is 3.48. The monoisotopic (exact) mass is 174 g/mol. The van der Waals surface area contributed by atoms with Crippen molar-refractivity contribution < 1.29 is 5.11 Å². The van der Waals surface area contributed by atoms with Crippen LogP contribution in [0.15, 0.2) is 0 Å². The molecule has 0 saturated heterocycles. The molecule has 1 unspecified atom stereocenters. The fraction of sp³-hybridized carbons (Fsp3) is 1.00. The molecule has 1 atom stereocenters. The Bertz CT molecular complexity index is 111. The molecular weight excluding hydrogens is 152 g/mol. The number of nitrogens with two attached hydrogens (primary N) is 1. The molecule has 0 aromatic rings. The summed E-state index contributed by atoms with van der Waals surface area (Å²) >= 11 is 0. The SMILES string of the molecule is CCN(CC)CCC(C)(O)CN. The highest BCUT2D eigenvalue weighted by Gasteiger charge is 2.18. The van der Waals surface area contributed by atoms with Crippen LogP contribution in [0.4, 0.5) is 0 Å². The number of nitrogens with zero attached hydrogens (tertiary/aromatic N) is 1. The van der Waals surface area contributed by atoms with Gasteiger partial charge in [0.15, 0.2) is 0 Å². The Balaban J connectivity index is 3.65. The number of rotatable bonds is 6. The predicted molar refractivity (Wildman–Crippen MR) is 52.1 cm³/mol. The number of aliphatic hydroxyl groups is 1. The number of hydrogen-bond acceptors (Lipinski definition) is 3. The minimum atomic E-state index is -0.692. The van der Waals surface area contributed by atoms with Crippen LogP contribution >= 0.6 is 0 Å². The van der Waals surface area contributed by atoms with Crippen molar-refractivity contribution >= 4 is 0 Å². The average Bonchev–Trinajstić information content (AvgIpc) is 2.06. The fourth-order valence-electron chi connectivity index (χ4n) is 1.04. The summed E-state index contributed by atoms with van der Waals surface area (Å²) in [5.74, 6) is 0. The van der Waals surface area contributed by atoms with E-state index in [2.05, 4.69) is 18.7 Å². The molecule has 0 aliphatic rings. The second kappa shape index (κ2) is 5.51. The molecule has 12 heavy (non-hydrogen) atoms. The van der Waals surface area contributed by atoms with E-state index in [0.717, 1.165) is 26.1 Å². The van der Waals surface area contributed by atoms with Crippen LogP contribution < -0.4 is 5.73 Å². The predicted octanol–water partition coefficient (Wildman–Crippen LogP) is 0.428. The molecule has 3 N–H and O–H groups in total. The van der Waals surface area contributed by atoms with Crippen LogP contribution in [0, 0.1) is 0 Å². The van der Waals surface area contributed by atoms with E-state index < -0.39 is 5.60 Å². The molecule has 0 bridgehead atoms. The molecule has 0 aromatic carbocycles. The van der Waals surface area contributed by atoms with Crippen molar-refractivity contribution in [2.45, 2.75) is 32.8 Å². The molecule has 74 valence electrons. The summed E-state index contributed by atoms with van der Waals surface area (Å²) in [6.45, 7) is 9.39. The molecule has 0 aliphatic heterocycles. The van der Waals surface area contributed by atoms with Gasteiger partial charge in [-0.2, -0.15) is 0 Å². The summed E-state index contributed by atoms with van der Waals surface area (Å²) in [5.41, 5.74) is 4.72. The maximum absolute atomic E-state index is 9.61. The molecular formula is C9H22N2O. The summed E-state index contributed by atoms with van der Waals surface area (Å²) in [6.07, 6.45) is 0.755. The van der Waals surface area contributed by atoms with Crippen molar-refractivity contribution in [3.05, 3.63) is 0 Å². The van der Waals surface area contributed by atoms with E-state index in [1.807, 2.05) is 0 Å². The highest BCUT2D eigenvalue weighted by Crippen LogP contribution is 2.07. The van der Waals surface area contributed by atoms with E-state index >= 15 is 0 Å². The van der Waals surface area contributed by atoms with Crippen LogP contribution in [0.1, 0.15) is 27.2 Å². The van der Waals surface area contributed by atoms with Crippen LogP contribution in [-0.2, 0) is 0 Å². The Hall–Kier alpha value is -0.120. The molecule has 0 aromatic heterocycles. The van der Waals surface area contributed by atoms with Crippen LogP contribution in [-0.4, -0.2) is 41.8 Å². The van der Waals surface area contributed by atoms with Gasteiger partial charge in [-0.15, -0.1) is 0 Å². The minimum Gasteiger partial charge on any atom is -0.389 e. The van der Waals surface area contributed by atoms with Crippen molar-refractivity contribution in [2.75, 3.05) is 26.2 Å². The Kier molecular flexibility index (Phi) is 5.46. The molecule has 0 radical (unpaired) electrons. The van der Waals surface area contributed by atoms with E-state index in [1.54, 1.807) is 6.92 Å². The zero-order valence-electron chi connectivity index (χ0n) is 8.51. The van der Waals surface area contributed by atoms with Crippen LogP contribution in [0.25, 0.3) is 0 Å². The maximum atomic E-state index is 9.61. The van der Waals surface area contributed by atoms with E-state index in [4.69, 9.17) is 5.73 Å². The zero-order valence-corrected chi connectivity index (χ0v) is 8.51. The average molecular weight is 174 g/mol. The van der Waals surface area contributed by atoms with Gasteiger partial charge in [-0.25, -0.2) is 0 Å². The minimum absolute atomic E-state index is 0.342. The van der Waals surface area contributed by atoms with Gasteiger partial charge in [-0.1, -0.05) is 13.8 Å². The first kappa shape index (κ1) is 11.9. The van der Waals surface area contributed by atoms with Crippen molar-refractivity contribution in [1.29, 1.82) is 0 Å². The van der Waals surface area contributed by atoms with Crippen LogP contribution in [0.2, 0.25) is 0 Å². The zero-order chi connectivity index (χ0) is 9.61. The summed E-state index contributed by atoms with van der Waals surface area (Å²) in [6, 6.07) is 0. The van der Waals surface area contributed by atoms with E-state index in [-0.39, 0.29) is 0 Å². The van der Waals surface area contributed by atoms with Gasteiger partial charge in [0, 0.05) is 13.1 Å². The maximum Gasteiger partial charge on any atom is 0.0753 e. The molecule has 0 fully saturated rings. The lowest BCUT2D eigenvalue weighted by Crippen LogP contribution is -2.38. The van der Waals surface area contributed by atoms with Gasteiger partial charge in [-0.05, 0) is 26.4 Å². The quantitative estimate of drug-likeness (QED) is 0.614. The van der Waals surface area contributed by atoms with Gasteiger partial charge in [0.2, 0.25) is 0 Å². The molecule has 3 nitrogen and oxygen atoms in total. The first-order valence-corrected chi connectivity index (χ1v) is 4.70. The van der Waals surface area contributed by atoms with Crippen molar-refractivity contribution in [1.82, 2.24) is 4.90 Å². The topological polar surface area (TPSA) is 49.5 Å². The number of hydrogen-bond donors (Lipinski definition) is 2.